The highest BCUT2D eigenvalue weighted by Gasteiger charge is 2.58. The van der Waals surface area contributed by atoms with Crippen molar-refractivity contribution in [2.45, 2.75) is 18.3 Å². The third-order valence-corrected chi connectivity index (χ3v) is 6.23. The zero-order chi connectivity index (χ0) is 18.8. The number of nitrogens with zero attached hydrogens (tertiary/aromatic N) is 1. The molecule has 1 unspecified atom stereocenters. The quantitative estimate of drug-likeness (QED) is 0.811. The van der Waals surface area contributed by atoms with Crippen LogP contribution in [0.3, 0.4) is 0 Å². The zero-order valence-corrected chi connectivity index (χ0v) is 15.9. The number of carbonyl (C=O) groups is 2. The largest absolute Gasteiger partial charge is 0.493 e. The van der Waals surface area contributed by atoms with Gasteiger partial charge in [-0.05, 0) is 23.8 Å². The zero-order valence-electron chi connectivity index (χ0n) is 14.3. The van der Waals surface area contributed by atoms with E-state index < -0.39 is 11.4 Å². The smallest absolute Gasteiger partial charge is 0.305 e. The van der Waals surface area contributed by atoms with Gasteiger partial charge in [0.05, 0.1) is 13.0 Å². The van der Waals surface area contributed by atoms with Crippen molar-refractivity contribution in [1.29, 1.82) is 0 Å². The second-order valence-corrected chi connectivity index (χ2v) is 7.84. The van der Waals surface area contributed by atoms with Crippen LogP contribution in [0.15, 0.2) is 34.8 Å². The summed E-state index contributed by atoms with van der Waals surface area (Å²) >= 11 is 3.61. The number of aliphatic carboxylic acids is 1. The standard InChI is InChI=1S/C20H16BrNO5/c21-13-2-1-3-14-18(13)20(19(25)22(14)6-4-17(23)24)10-27-16-9-15-11(5-7-26-15)8-12(16)20/h1-3,8-9H,4-7,10H2,(H,23,24). The first-order valence-corrected chi connectivity index (χ1v) is 9.57. The van der Waals surface area contributed by atoms with Crippen LogP contribution in [0.25, 0.3) is 0 Å². The molecule has 27 heavy (non-hydrogen) atoms. The van der Waals surface area contributed by atoms with E-state index in [0.29, 0.717) is 12.4 Å². The first-order valence-electron chi connectivity index (χ1n) is 8.78. The SMILES string of the molecule is O=C(O)CCN1C(=O)C2(COc3cc4c(cc32)CCO4)c2c(Br)cccc21. The lowest BCUT2D eigenvalue weighted by Crippen LogP contribution is -2.43. The molecule has 3 aliphatic rings. The minimum atomic E-state index is -0.957. The van der Waals surface area contributed by atoms with Crippen LogP contribution in [0.4, 0.5) is 5.69 Å². The van der Waals surface area contributed by atoms with E-state index in [1.165, 1.54) is 0 Å². The molecule has 3 heterocycles. The van der Waals surface area contributed by atoms with Crippen molar-refractivity contribution in [3.63, 3.8) is 0 Å². The van der Waals surface area contributed by atoms with Gasteiger partial charge in [-0.3, -0.25) is 9.59 Å². The van der Waals surface area contributed by atoms with Crippen LogP contribution in [0.5, 0.6) is 11.5 Å². The summed E-state index contributed by atoms with van der Waals surface area (Å²) in [5.74, 6) is 0.402. The molecule has 1 N–H and O–H groups in total. The van der Waals surface area contributed by atoms with Crippen molar-refractivity contribution in [2.24, 2.45) is 0 Å². The van der Waals surface area contributed by atoms with E-state index in [9.17, 15) is 9.59 Å². The number of amides is 1. The summed E-state index contributed by atoms with van der Waals surface area (Å²) < 4.78 is 12.4. The molecule has 5 rings (SSSR count). The van der Waals surface area contributed by atoms with Gasteiger partial charge in [-0.2, -0.15) is 0 Å². The van der Waals surface area contributed by atoms with Gasteiger partial charge >= 0.3 is 5.97 Å². The first kappa shape index (κ1) is 16.6. The van der Waals surface area contributed by atoms with E-state index in [1.807, 2.05) is 30.3 Å². The molecule has 138 valence electrons. The molecule has 2 aromatic rings. The van der Waals surface area contributed by atoms with Gasteiger partial charge in [-0.1, -0.05) is 22.0 Å². The Morgan fingerprint density at radius 3 is 2.93 bits per heavy atom. The van der Waals surface area contributed by atoms with Gasteiger partial charge in [-0.15, -0.1) is 0 Å². The van der Waals surface area contributed by atoms with Gasteiger partial charge in [0.25, 0.3) is 0 Å². The van der Waals surface area contributed by atoms with E-state index in [4.69, 9.17) is 14.6 Å². The van der Waals surface area contributed by atoms with E-state index in [-0.39, 0.29) is 25.5 Å². The Balaban J connectivity index is 1.71. The summed E-state index contributed by atoms with van der Waals surface area (Å²) in [6.45, 7) is 0.955. The van der Waals surface area contributed by atoms with Crippen LogP contribution in [0, 0.1) is 0 Å². The predicted octanol–water partition coefficient (Wildman–Crippen LogP) is 2.88. The van der Waals surface area contributed by atoms with Gasteiger partial charge in [-0.25, -0.2) is 0 Å². The molecule has 1 atom stereocenters. The van der Waals surface area contributed by atoms with Crippen molar-refractivity contribution >= 4 is 33.5 Å². The lowest BCUT2D eigenvalue weighted by molar-refractivity contribution is -0.136. The van der Waals surface area contributed by atoms with Gasteiger partial charge < -0.3 is 19.5 Å². The fourth-order valence-corrected chi connectivity index (χ4v) is 5.04. The molecule has 0 bridgehead atoms. The van der Waals surface area contributed by atoms with E-state index in [1.54, 1.807) is 4.90 Å². The lowest BCUT2D eigenvalue weighted by atomic mass is 9.76. The molecule has 1 amide bonds. The average Bonchev–Trinajstić information content (AvgIpc) is 3.30. The monoisotopic (exact) mass is 429 g/mol. The molecule has 0 saturated heterocycles. The fraction of sp³-hybridized carbons (Fsp3) is 0.300. The number of anilines is 1. The molecule has 2 aromatic carbocycles. The highest BCUT2D eigenvalue weighted by Crippen LogP contribution is 2.55. The van der Waals surface area contributed by atoms with E-state index >= 15 is 0 Å². The number of hydrogen-bond acceptors (Lipinski definition) is 4. The molecule has 0 fully saturated rings. The van der Waals surface area contributed by atoms with Crippen molar-refractivity contribution in [1.82, 2.24) is 0 Å². The molecule has 6 nitrogen and oxygen atoms in total. The van der Waals surface area contributed by atoms with Crippen LogP contribution in [0.2, 0.25) is 0 Å². The summed E-state index contributed by atoms with van der Waals surface area (Å²) in [5, 5.41) is 9.10. The summed E-state index contributed by atoms with van der Waals surface area (Å²) in [5.41, 5.74) is 2.54. The summed E-state index contributed by atoms with van der Waals surface area (Å²) in [7, 11) is 0. The molecule has 3 aliphatic heterocycles. The Morgan fingerprint density at radius 2 is 2.11 bits per heavy atom. The molecule has 7 heteroatoms. The Bertz CT molecular complexity index is 1000. The number of halogens is 1. The number of rotatable bonds is 3. The Hall–Kier alpha value is -2.54. The van der Waals surface area contributed by atoms with Gasteiger partial charge in [0.2, 0.25) is 5.91 Å². The maximum atomic E-state index is 13.6. The number of carbonyl (C=O) groups excluding carboxylic acids is 1. The molecule has 0 aliphatic carbocycles. The average molecular weight is 430 g/mol. The van der Waals surface area contributed by atoms with Crippen molar-refractivity contribution in [3.8, 4) is 11.5 Å². The highest BCUT2D eigenvalue weighted by molar-refractivity contribution is 9.10. The molecular formula is C20H16BrNO5. The summed E-state index contributed by atoms with van der Waals surface area (Å²) in [4.78, 5) is 26.3. The Labute approximate surface area is 163 Å². The Morgan fingerprint density at radius 1 is 1.26 bits per heavy atom. The van der Waals surface area contributed by atoms with Crippen LogP contribution < -0.4 is 14.4 Å². The second kappa shape index (κ2) is 5.73. The van der Waals surface area contributed by atoms with Crippen LogP contribution in [0.1, 0.15) is 23.1 Å². The van der Waals surface area contributed by atoms with Crippen LogP contribution >= 0.6 is 15.9 Å². The topological polar surface area (TPSA) is 76.1 Å². The van der Waals surface area contributed by atoms with Gasteiger partial charge in [0, 0.05) is 40.3 Å². The number of ether oxygens (including phenoxy) is 2. The van der Waals surface area contributed by atoms with Crippen molar-refractivity contribution in [3.05, 3.63) is 51.5 Å². The number of carboxylic acids is 1. The molecule has 0 aromatic heterocycles. The Kier molecular flexibility index (Phi) is 3.53. The maximum absolute atomic E-state index is 13.6. The van der Waals surface area contributed by atoms with Crippen molar-refractivity contribution in [2.75, 3.05) is 24.7 Å². The minimum absolute atomic E-state index is 0.112. The van der Waals surface area contributed by atoms with Crippen LogP contribution in [-0.4, -0.2) is 36.7 Å². The molecule has 0 saturated carbocycles. The minimum Gasteiger partial charge on any atom is -0.493 e. The third-order valence-electron chi connectivity index (χ3n) is 5.56. The van der Waals surface area contributed by atoms with E-state index in [2.05, 4.69) is 15.9 Å². The number of hydrogen-bond donors (Lipinski definition) is 1. The van der Waals surface area contributed by atoms with Crippen LogP contribution in [-0.2, 0) is 21.4 Å². The molecule has 1 spiro atoms. The molecular weight excluding hydrogens is 414 g/mol. The molecule has 0 radical (unpaired) electrons. The third kappa shape index (κ3) is 2.18. The highest BCUT2D eigenvalue weighted by atomic mass is 79.9. The lowest BCUT2D eigenvalue weighted by Gasteiger charge is -2.23. The van der Waals surface area contributed by atoms with E-state index in [0.717, 1.165) is 39.0 Å². The summed E-state index contributed by atoms with van der Waals surface area (Å²) in [6, 6.07) is 9.52. The second-order valence-electron chi connectivity index (χ2n) is 6.98. The first-order chi connectivity index (χ1) is 13.0. The number of benzene rings is 2. The van der Waals surface area contributed by atoms with Crippen molar-refractivity contribution < 1.29 is 24.2 Å². The van der Waals surface area contributed by atoms with Gasteiger partial charge in [0.1, 0.15) is 23.5 Å². The summed E-state index contributed by atoms with van der Waals surface area (Å²) in [6.07, 6.45) is 0.692. The van der Waals surface area contributed by atoms with Gasteiger partial charge in [0.15, 0.2) is 0 Å². The normalized spacial score (nSPS) is 21.7. The number of fused-ring (bicyclic) bond motifs is 5. The maximum Gasteiger partial charge on any atom is 0.305 e. The predicted molar refractivity (Wildman–Crippen MR) is 101 cm³/mol. The number of carboxylic acid groups (broad SMARTS) is 1. The fourth-order valence-electron chi connectivity index (χ4n) is 4.34.